The lowest BCUT2D eigenvalue weighted by atomic mass is 10.0. The van der Waals surface area contributed by atoms with E-state index in [1.54, 1.807) is 6.07 Å². The van der Waals surface area contributed by atoms with E-state index in [9.17, 15) is 32.4 Å². The third-order valence-corrected chi connectivity index (χ3v) is 5.65. The molecule has 0 fully saturated rings. The van der Waals surface area contributed by atoms with Crippen LogP contribution in [0.2, 0.25) is 0 Å². The maximum absolute atomic E-state index is 14.4. The van der Waals surface area contributed by atoms with Crippen LogP contribution in [0.25, 0.3) is 10.9 Å². The SMILES string of the molecule is Cc1c(NC(=O)c2cc(C(N)=O)nc3ccc(C#N)cc23)c(C(F)(F)F)nn1Cc1ccc(C#N)cc1F. The number of hydrogen-bond acceptors (Lipinski definition) is 6. The van der Waals surface area contributed by atoms with Crippen LogP contribution in [0.15, 0.2) is 42.5 Å². The minimum absolute atomic E-state index is 0.0311. The number of nitriles is 2. The molecule has 2 amide bonds. The number of pyridine rings is 1. The molecule has 13 heteroatoms. The normalized spacial score (nSPS) is 11.1. The molecule has 2 aromatic heterocycles. The maximum atomic E-state index is 14.4. The number of nitrogens with zero attached hydrogens (tertiary/aromatic N) is 5. The monoisotopic (exact) mass is 521 g/mol. The number of benzene rings is 2. The average Bonchev–Trinajstić information content (AvgIpc) is 3.19. The predicted molar refractivity (Wildman–Crippen MR) is 125 cm³/mol. The summed E-state index contributed by atoms with van der Waals surface area (Å²) >= 11 is 0. The van der Waals surface area contributed by atoms with E-state index in [0.717, 1.165) is 16.8 Å². The van der Waals surface area contributed by atoms with E-state index < -0.39 is 41.7 Å². The summed E-state index contributed by atoms with van der Waals surface area (Å²) in [6.45, 7) is 0.838. The van der Waals surface area contributed by atoms with Crippen molar-refractivity contribution in [3.8, 4) is 12.1 Å². The van der Waals surface area contributed by atoms with Crippen LogP contribution in [-0.4, -0.2) is 26.6 Å². The summed E-state index contributed by atoms with van der Waals surface area (Å²) < 4.78 is 56.9. The van der Waals surface area contributed by atoms with Gasteiger partial charge in [0.1, 0.15) is 11.5 Å². The van der Waals surface area contributed by atoms with E-state index in [2.05, 4.69) is 15.4 Å². The molecule has 4 aromatic rings. The highest BCUT2D eigenvalue weighted by Crippen LogP contribution is 2.36. The molecule has 190 valence electrons. The van der Waals surface area contributed by atoms with Crippen LogP contribution in [0.1, 0.15) is 48.9 Å². The number of fused-ring (bicyclic) bond motifs is 1. The number of primary amides is 1. The van der Waals surface area contributed by atoms with E-state index in [4.69, 9.17) is 11.0 Å². The van der Waals surface area contributed by atoms with Gasteiger partial charge < -0.3 is 11.1 Å². The molecule has 0 aliphatic carbocycles. The Labute approximate surface area is 211 Å². The average molecular weight is 521 g/mol. The number of anilines is 1. The Morgan fingerprint density at radius 1 is 1.08 bits per heavy atom. The zero-order valence-electron chi connectivity index (χ0n) is 19.4. The van der Waals surface area contributed by atoms with E-state index in [1.807, 2.05) is 6.07 Å². The lowest BCUT2D eigenvalue weighted by molar-refractivity contribution is -0.140. The molecule has 38 heavy (non-hydrogen) atoms. The van der Waals surface area contributed by atoms with Crippen molar-refractivity contribution in [1.82, 2.24) is 14.8 Å². The standard InChI is InChI=1S/C25H15F4N7O2/c1-12-21(22(25(27,28)29)35-36(12)11-15-4-2-14(10-31)7-18(15)26)34-24(38)17-8-20(23(32)37)33-19-5-3-13(9-30)6-16(17)19/h2-8H,11H2,1H3,(H2,32,37)(H,34,38). The van der Waals surface area contributed by atoms with Gasteiger partial charge in [0.25, 0.3) is 11.8 Å². The number of halogens is 4. The van der Waals surface area contributed by atoms with Crippen molar-refractivity contribution in [3.63, 3.8) is 0 Å². The molecule has 0 saturated carbocycles. The third-order valence-electron chi connectivity index (χ3n) is 5.65. The second-order valence-electron chi connectivity index (χ2n) is 8.10. The molecule has 0 bridgehead atoms. The quantitative estimate of drug-likeness (QED) is 0.379. The number of carbonyl (C=O) groups excluding carboxylic acids is 2. The van der Waals surface area contributed by atoms with Gasteiger partial charge in [0.15, 0.2) is 5.69 Å². The first-order chi connectivity index (χ1) is 17.9. The van der Waals surface area contributed by atoms with Crippen LogP contribution in [0, 0.1) is 35.4 Å². The Morgan fingerprint density at radius 2 is 1.74 bits per heavy atom. The van der Waals surface area contributed by atoms with Gasteiger partial charge in [-0.15, -0.1) is 0 Å². The number of hydrogen-bond donors (Lipinski definition) is 2. The molecule has 0 atom stereocenters. The summed E-state index contributed by atoms with van der Waals surface area (Å²) in [5.41, 5.74) is 2.75. The van der Waals surface area contributed by atoms with E-state index in [-0.39, 0.29) is 44.5 Å². The molecule has 0 aliphatic rings. The molecule has 0 unspecified atom stereocenters. The van der Waals surface area contributed by atoms with Crippen LogP contribution >= 0.6 is 0 Å². The molecular weight excluding hydrogens is 506 g/mol. The molecule has 0 radical (unpaired) electrons. The molecule has 3 N–H and O–H groups in total. The first-order valence-corrected chi connectivity index (χ1v) is 10.7. The van der Waals surface area contributed by atoms with Gasteiger partial charge in [-0.25, -0.2) is 9.37 Å². The van der Waals surface area contributed by atoms with Crippen LogP contribution in [0.4, 0.5) is 23.2 Å². The Hall–Kier alpha value is -5.30. The van der Waals surface area contributed by atoms with Crippen molar-refractivity contribution in [1.29, 1.82) is 10.5 Å². The summed E-state index contributed by atoms with van der Waals surface area (Å²) in [6.07, 6.45) is -4.99. The van der Waals surface area contributed by atoms with Crippen molar-refractivity contribution in [3.05, 3.63) is 87.6 Å². The number of nitrogens with two attached hydrogens (primary N) is 1. The number of rotatable bonds is 5. The fourth-order valence-electron chi connectivity index (χ4n) is 3.74. The number of carbonyl (C=O) groups is 2. The minimum Gasteiger partial charge on any atom is -0.364 e. The smallest absolute Gasteiger partial charge is 0.364 e. The highest BCUT2D eigenvalue weighted by Gasteiger charge is 2.39. The first kappa shape index (κ1) is 25.8. The van der Waals surface area contributed by atoms with Gasteiger partial charge in [-0.1, -0.05) is 6.07 Å². The minimum atomic E-state index is -4.99. The molecule has 0 saturated heterocycles. The predicted octanol–water partition coefficient (Wildman–Crippen LogP) is 4.04. The van der Waals surface area contributed by atoms with Gasteiger partial charge in [-0.05, 0) is 43.3 Å². The van der Waals surface area contributed by atoms with Crippen molar-refractivity contribution in [2.75, 3.05) is 5.32 Å². The van der Waals surface area contributed by atoms with Gasteiger partial charge in [-0.3, -0.25) is 14.3 Å². The molecule has 4 rings (SSSR count). The lowest BCUT2D eigenvalue weighted by Gasteiger charge is -2.12. The molecular formula is C25H15F4N7O2. The van der Waals surface area contributed by atoms with E-state index in [1.165, 1.54) is 37.3 Å². The Bertz CT molecular complexity index is 1710. The highest BCUT2D eigenvalue weighted by atomic mass is 19.4. The van der Waals surface area contributed by atoms with Gasteiger partial charge in [0.2, 0.25) is 0 Å². The fraction of sp³-hybridized carbons (Fsp3) is 0.120. The van der Waals surface area contributed by atoms with Gasteiger partial charge >= 0.3 is 6.18 Å². The second kappa shape index (κ2) is 9.63. The Balaban J connectivity index is 1.80. The number of alkyl halides is 3. The number of nitrogens with one attached hydrogen (secondary N) is 1. The maximum Gasteiger partial charge on any atom is 0.437 e. The fourth-order valence-corrected chi connectivity index (χ4v) is 3.74. The second-order valence-corrected chi connectivity index (χ2v) is 8.10. The van der Waals surface area contributed by atoms with Crippen LogP contribution in [0.5, 0.6) is 0 Å². The molecule has 2 heterocycles. The van der Waals surface area contributed by atoms with E-state index in [0.29, 0.717) is 0 Å². The number of amides is 2. The van der Waals surface area contributed by atoms with Crippen LogP contribution < -0.4 is 11.1 Å². The van der Waals surface area contributed by atoms with E-state index >= 15 is 0 Å². The molecule has 0 aliphatic heterocycles. The summed E-state index contributed by atoms with van der Waals surface area (Å²) in [5, 5.41) is 24.0. The van der Waals surface area contributed by atoms with Gasteiger partial charge in [-0.2, -0.15) is 28.8 Å². The van der Waals surface area contributed by atoms with Gasteiger partial charge in [0.05, 0.1) is 52.3 Å². The van der Waals surface area contributed by atoms with Crippen LogP contribution in [0.3, 0.4) is 0 Å². The largest absolute Gasteiger partial charge is 0.437 e. The Kier molecular flexibility index (Phi) is 6.53. The number of aromatic nitrogens is 3. The topological polar surface area (TPSA) is 150 Å². The third kappa shape index (κ3) is 4.85. The summed E-state index contributed by atoms with van der Waals surface area (Å²) in [5.74, 6) is -2.84. The van der Waals surface area contributed by atoms with Crippen molar-refractivity contribution < 1.29 is 27.2 Å². The lowest BCUT2D eigenvalue weighted by Crippen LogP contribution is -2.19. The first-order valence-electron chi connectivity index (χ1n) is 10.7. The summed E-state index contributed by atoms with van der Waals surface area (Å²) in [4.78, 5) is 29.0. The molecule has 9 nitrogen and oxygen atoms in total. The van der Waals surface area contributed by atoms with Crippen molar-refractivity contribution >= 4 is 28.4 Å². The van der Waals surface area contributed by atoms with Crippen LogP contribution in [-0.2, 0) is 12.7 Å². The Morgan fingerprint density at radius 3 is 2.34 bits per heavy atom. The van der Waals surface area contributed by atoms with Crippen molar-refractivity contribution in [2.24, 2.45) is 5.73 Å². The summed E-state index contributed by atoms with van der Waals surface area (Å²) in [7, 11) is 0. The van der Waals surface area contributed by atoms with Gasteiger partial charge in [0, 0.05) is 10.9 Å². The highest BCUT2D eigenvalue weighted by molar-refractivity contribution is 6.14. The molecule has 2 aromatic carbocycles. The zero-order valence-corrected chi connectivity index (χ0v) is 19.4. The van der Waals surface area contributed by atoms with Crippen molar-refractivity contribution in [2.45, 2.75) is 19.6 Å². The molecule has 0 spiro atoms. The summed E-state index contributed by atoms with van der Waals surface area (Å²) in [6, 6.07) is 12.2. The zero-order chi connectivity index (χ0) is 27.8.